The molecule has 0 fully saturated rings. The molecule has 4 aromatic rings. The Labute approximate surface area is 161 Å². The minimum Gasteiger partial charge on any atom is -0.429 e. The Balaban J connectivity index is 1.64. The van der Waals surface area contributed by atoms with Gasteiger partial charge >= 0.3 is 5.69 Å². The number of aryl methyl sites for hydroxylation is 1. The lowest BCUT2D eigenvalue weighted by Crippen LogP contribution is -2.24. The van der Waals surface area contributed by atoms with Gasteiger partial charge in [-0.2, -0.15) is 9.78 Å². The molecule has 28 heavy (non-hydrogen) atoms. The van der Waals surface area contributed by atoms with Crippen LogP contribution in [0, 0.1) is 18.6 Å². The van der Waals surface area contributed by atoms with Gasteiger partial charge in [-0.15, -0.1) is 0 Å². The van der Waals surface area contributed by atoms with E-state index in [0.29, 0.717) is 21.6 Å². The maximum atomic E-state index is 13.9. The molecule has 0 radical (unpaired) electrons. The summed E-state index contributed by atoms with van der Waals surface area (Å²) in [5.74, 6) is -0.933. The molecular weight excluding hydrogens is 388 g/mol. The van der Waals surface area contributed by atoms with Gasteiger partial charge in [0.2, 0.25) is 0 Å². The first-order valence-corrected chi connectivity index (χ1v) is 8.97. The van der Waals surface area contributed by atoms with Crippen LogP contribution in [0.3, 0.4) is 0 Å². The number of pyridine rings is 1. The summed E-state index contributed by atoms with van der Waals surface area (Å²) in [6.07, 6.45) is 4.39. The van der Waals surface area contributed by atoms with Crippen LogP contribution in [0.15, 0.2) is 53.8 Å². The summed E-state index contributed by atoms with van der Waals surface area (Å²) < 4.78 is 35.6. The van der Waals surface area contributed by atoms with Gasteiger partial charge in [0.15, 0.2) is 0 Å². The molecule has 0 N–H and O–H groups in total. The zero-order valence-corrected chi connectivity index (χ0v) is 15.4. The molecule has 0 bridgehead atoms. The standard InChI is InChI=1S/C18H13F2N5O2S/c1-11-16(28-17(23-11)27-12-4-3-7-21-8-12)25-18(26)24(10-22-25)9-13-14(19)5-2-6-15(13)20/h2-8,10H,9H2,1H3. The maximum Gasteiger partial charge on any atom is 0.351 e. The van der Waals surface area contributed by atoms with E-state index in [9.17, 15) is 13.6 Å². The molecule has 4 rings (SSSR count). The van der Waals surface area contributed by atoms with Gasteiger partial charge in [-0.3, -0.25) is 9.55 Å². The van der Waals surface area contributed by atoms with Gasteiger partial charge < -0.3 is 4.74 Å². The summed E-state index contributed by atoms with van der Waals surface area (Å²) in [5.41, 5.74) is -0.207. The van der Waals surface area contributed by atoms with Crippen LogP contribution in [0.5, 0.6) is 10.9 Å². The summed E-state index contributed by atoms with van der Waals surface area (Å²) in [7, 11) is 0. The SMILES string of the molecule is Cc1nc(Oc2cccnc2)sc1-n1ncn(Cc2c(F)cccc2F)c1=O. The highest BCUT2D eigenvalue weighted by atomic mass is 32.1. The van der Waals surface area contributed by atoms with Crippen LogP contribution >= 0.6 is 11.3 Å². The van der Waals surface area contributed by atoms with Crippen LogP contribution in [0.1, 0.15) is 11.3 Å². The molecule has 0 aliphatic heterocycles. The van der Waals surface area contributed by atoms with Crippen molar-refractivity contribution >= 4 is 11.3 Å². The van der Waals surface area contributed by atoms with Crippen LogP contribution in [0.4, 0.5) is 8.78 Å². The Bertz CT molecular complexity index is 1170. The van der Waals surface area contributed by atoms with Crippen molar-refractivity contribution in [2.75, 3.05) is 0 Å². The monoisotopic (exact) mass is 401 g/mol. The third-order valence-corrected chi connectivity index (χ3v) is 4.92. The minimum absolute atomic E-state index is 0.203. The van der Waals surface area contributed by atoms with E-state index in [0.717, 1.165) is 32.7 Å². The number of nitrogens with zero attached hydrogens (tertiary/aromatic N) is 5. The molecule has 0 unspecified atom stereocenters. The molecule has 0 aliphatic carbocycles. The van der Waals surface area contributed by atoms with E-state index in [4.69, 9.17) is 4.74 Å². The highest BCUT2D eigenvalue weighted by Gasteiger charge is 2.17. The third-order valence-electron chi connectivity index (χ3n) is 3.91. The molecule has 0 aliphatic rings. The summed E-state index contributed by atoms with van der Waals surface area (Å²) in [5, 5.41) is 4.82. The number of thiazole rings is 1. The molecule has 1 aromatic carbocycles. The topological polar surface area (TPSA) is 74.8 Å². The lowest BCUT2D eigenvalue weighted by Gasteiger charge is -2.04. The average molecular weight is 401 g/mol. The Morgan fingerprint density at radius 3 is 2.68 bits per heavy atom. The van der Waals surface area contributed by atoms with Crippen molar-refractivity contribution in [1.29, 1.82) is 0 Å². The predicted molar refractivity (Wildman–Crippen MR) is 98.0 cm³/mol. The molecule has 142 valence electrons. The lowest BCUT2D eigenvalue weighted by molar-refractivity contribution is 0.475. The number of benzene rings is 1. The molecule has 0 atom stereocenters. The van der Waals surface area contributed by atoms with E-state index < -0.39 is 17.3 Å². The van der Waals surface area contributed by atoms with Gasteiger partial charge in [0.25, 0.3) is 5.19 Å². The molecule has 7 nitrogen and oxygen atoms in total. The quantitative estimate of drug-likeness (QED) is 0.513. The second-order valence-electron chi connectivity index (χ2n) is 5.81. The van der Waals surface area contributed by atoms with E-state index in [-0.39, 0.29) is 12.1 Å². The molecule has 0 amide bonds. The van der Waals surface area contributed by atoms with Crippen LogP contribution < -0.4 is 10.4 Å². The second-order valence-corrected chi connectivity index (χ2v) is 6.75. The van der Waals surface area contributed by atoms with Crippen LogP contribution in [-0.2, 0) is 6.54 Å². The smallest absolute Gasteiger partial charge is 0.351 e. The van der Waals surface area contributed by atoms with Gasteiger partial charge in [-0.05, 0) is 31.2 Å². The number of aromatic nitrogens is 5. The van der Waals surface area contributed by atoms with Crippen molar-refractivity contribution in [2.24, 2.45) is 0 Å². The van der Waals surface area contributed by atoms with Crippen molar-refractivity contribution in [3.8, 4) is 15.9 Å². The van der Waals surface area contributed by atoms with Gasteiger partial charge in [0, 0.05) is 11.8 Å². The molecule has 10 heteroatoms. The van der Waals surface area contributed by atoms with E-state index in [1.165, 1.54) is 12.4 Å². The van der Waals surface area contributed by atoms with Gasteiger partial charge in [0.1, 0.15) is 28.7 Å². The summed E-state index contributed by atoms with van der Waals surface area (Å²) in [6.45, 7) is 1.44. The first-order valence-electron chi connectivity index (χ1n) is 8.16. The Hall–Kier alpha value is -3.40. The van der Waals surface area contributed by atoms with Gasteiger partial charge in [-0.25, -0.2) is 18.6 Å². The summed E-state index contributed by atoms with van der Waals surface area (Å²) in [6, 6.07) is 7.01. The second kappa shape index (κ2) is 7.31. The van der Waals surface area contributed by atoms with Crippen molar-refractivity contribution in [1.82, 2.24) is 24.3 Å². The Kier molecular flexibility index (Phi) is 4.70. The largest absolute Gasteiger partial charge is 0.429 e. The lowest BCUT2D eigenvalue weighted by atomic mass is 10.2. The minimum atomic E-state index is -0.722. The van der Waals surface area contributed by atoms with Gasteiger partial charge in [0.05, 0.1) is 18.4 Å². The number of hydrogen-bond acceptors (Lipinski definition) is 6. The van der Waals surface area contributed by atoms with Gasteiger partial charge in [-0.1, -0.05) is 17.4 Å². The van der Waals surface area contributed by atoms with Crippen molar-refractivity contribution in [3.63, 3.8) is 0 Å². The molecule has 3 heterocycles. The molecule has 0 spiro atoms. The fourth-order valence-corrected chi connectivity index (χ4v) is 3.44. The predicted octanol–water partition coefficient (Wildman–Crippen LogP) is 3.31. The zero-order valence-electron chi connectivity index (χ0n) is 14.5. The van der Waals surface area contributed by atoms with E-state index in [1.54, 1.807) is 31.5 Å². The molecule has 0 saturated heterocycles. The van der Waals surface area contributed by atoms with E-state index >= 15 is 0 Å². The zero-order chi connectivity index (χ0) is 19.7. The highest BCUT2D eigenvalue weighted by Crippen LogP contribution is 2.30. The third kappa shape index (κ3) is 3.41. The summed E-state index contributed by atoms with van der Waals surface area (Å²) >= 11 is 1.13. The summed E-state index contributed by atoms with van der Waals surface area (Å²) in [4.78, 5) is 20.9. The van der Waals surface area contributed by atoms with Crippen LogP contribution in [0.2, 0.25) is 0 Å². The van der Waals surface area contributed by atoms with Crippen molar-refractivity contribution < 1.29 is 13.5 Å². The van der Waals surface area contributed by atoms with Crippen LogP contribution in [-0.4, -0.2) is 24.3 Å². The molecular formula is C18H13F2N5O2S. The Morgan fingerprint density at radius 1 is 1.18 bits per heavy atom. The number of ether oxygens (including phenoxy) is 1. The molecule has 3 aromatic heterocycles. The average Bonchev–Trinajstić information content (AvgIpc) is 3.21. The normalized spacial score (nSPS) is 11.0. The Morgan fingerprint density at radius 2 is 1.96 bits per heavy atom. The number of halogens is 2. The maximum absolute atomic E-state index is 13.9. The fraction of sp³-hybridized carbons (Fsp3) is 0.111. The van der Waals surface area contributed by atoms with Crippen molar-refractivity contribution in [3.05, 3.63) is 82.4 Å². The first kappa shape index (κ1) is 18.0. The van der Waals surface area contributed by atoms with E-state index in [2.05, 4.69) is 15.1 Å². The first-order chi connectivity index (χ1) is 13.5. The number of rotatable bonds is 5. The molecule has 0 saturated carbocycles. The van der Waals surface area contributed by atoms with E-state index in [1.807, 2.05) is 0 Å². The fourth-order valence-electron chi connectivity index (χ4n) is 2.55. The number of hydrogen-bond donors (Lipinski definition) is 0. The highest BCUT2D eigenvalue weighted by molar-refractivity contribution is 7.16. The van der Waals surface area contributed by atoms with Crippen LogP contribution in [0.25, 0.3) is 5.00 Å². The van der Waals surface area contributed by atoms with Crippen molar-refractivity contribution in [2.45, 2.75) is 13.5 Å².